The average molecular weight is 456 g/mol. The van der Waals surface area contributed by atoms with Gasteiger partial charge in [-0.25, -0.2) is 22.3 Å². The van der Waals surface area contributed by atoms with Gasteiger partial charge in [-0.05, 0) is 63.1 Å². The normalized spacial score (nSPS) is 18.5. The highest BCUT2D eigenvalue weighted by atomic mass is 32.2. The SMILES string of the molecule is C[C@@H](NS(=O)(=O)CCCCCN1CC(=O)NC1=O)c1ccc(F)c(OC2CCCC2)c1. The minimum Gasteiger partial charge on any atom is -0.487 e. The van der Waals surface area contributed by atoms with Crippen LogP contribution in [0.15, 0.2) is 18.2 Å². The highest BCUT2D eigenvalue weighted by Crippen LogP contribution is 2.28. The molecule has 31 heavy (non-hydrogen) atoms. The van der Waals surface area contributed by atoms with Crippen molar-refractivity contribution in [1.29, 1.82) is 0 Å². The molecule has 0 bridgehead atoms. The maximum Gasteiger partial charge on any atom is 0.324 e. The van der Waals surface area contributed by atoms with Gasteiger partial charge in [-0.15, -0.1) is 0 Å². The summed E-state index contributed by atoms with van der Waals surface area (Å²) in [6.45, 7) is 2.19. The molecule has 2 N–H and O–H groups in total. The number of ether oxygens (including phenoxy) is 1. The van der Waals surface area contributed by atoms with Crippen LogP contribution in [0, 0.1) is 5.82 Å². The standard InChI is InChI=1S/C21H30FN3O5S/c1-15(16-9-10-18(22)19(13-16)30-17-7-3-4-8-17)24-31(28,29)12-6-2-5-11-25-14-20(26)23-21(25)27/h9-10,13,15,17,24H,2-8,11-12,14H2,1H3,(H,23,26,27)/t15-/m1/s1. The van der Waals surface area contributed by atoms with Gasteiger partial charge >= 0.3 is 6.03 Å². The molecule has 1 saturated heterocycles. The lowest BCUT2D eigenvalue weighted by Crippen LogP contribution is -2.30. The number of nitrogens with zero attached hydrogens (tertiary/aromatic N) is 1. The van der Waals surface area contributed by atoms with Gasteiger partial charge in [0.15, 0.2) is 11.6 Å². The van der Waals surface area contributed by atoms with Crippen molar-refractivity contribution in [3.05, 3.63) is 29.6 Å². The van der Waals surface area contributed by atoms with Gasteiger partial charge in [0.05, 0.1) is 11.9 Å². The van der Waals surface area contributed by atoms with Crippen molar-refractivity contribution in [2.45, 2.75) is 64.0 Å². The summed E-state index contributed by atoms with van der Waals surface area (Å²) in [6.07, 6.45) is 5.65. The molecule has 8 nitrogen and oxygen atoms in total. The molecule has 2 fully saturated rings. The monoisotopic (exact) mass is 455 g/mol. The third kappa shape index (κ3) is 6.90. The Bertz CT molecular complexity index is 902. The summed E-state index contributed by atoms with van der Waals surface area (Å²) in [5.74, 6) is -0.642. The number of imide groups is 1. The Kier molecular flexibility index (Phi) is 7.88. The average Bonchev–Trinajstić information content (AvgIpc) is 3.32. The number of hydrogen-bond acceptors (Lipinski definition) is 5. The number of hydrogen-bond donors (Lipinski definition) is 2. The zero-order valence-electron chi connectivity index (χ0n) is 17.7. The van der Waals surface area contributed by atoms with E-state index in [0.29, 0.717) is 31.4 Å². The molecule has 1 atom stereocenters. The van der Waals surface area contributed by atoms with Crippen molar-refractivity contribution in [2.75, 3.05) is 18.8 Å². The van der Waals surface area contributed by atoms with Gasteiger partial charge in [-0.2, -0.15) is 0 Å². The van der Waals surface area contributed by atoms with Crippen LogP contribution < -0.4 is 14.8 Å². The first-order valence-electron chi connectivity index (χ1n) is 10.8. The summed E-state index contributed by atoms with van der Waals surface area (Å²) in [5.41, 5.74) is 0.641. The number of unbranched alkanes of at least 4 members (excludes halogenated alkanes) is 2. The first-order chi connectivity index (χ1) is 14.7. The van der Waals surface area contributed by atoms with Crippen LogP contribution in [0.1, 0.15) is 63.5 Å². The van der Waals surface area contributed by atoms with Gasteiger partial charge in [-0.1, -0.05) is 12.5 Å². The molecule has 172 valence electrons. The van der Waals surface area contributed by atoms with Crippen LogP contribution in [-0.4, -0.2) is 50.2 Å². The number of rotatable bonds is 11. The second-order valence-corrected chi connectivity index (χ2v) is 10.1. The molecule has 1 saturated carbocycles. The lowest BCUT2D eigenvalue weighted by molar-refractivity contribution is -0.118. The number of sulfonamides is 1. The lowest BCUT2D eigenvalue weighted by Gasteiger charge is -2.18. The van der Waals surface area contributed by atoms with E-state index in [9.17, 15) is 22.4 Å². The molecule has 3 rings (SSSR count). The smallest absolute Gasteiger partial charge is 0.324 e. The fourth-order valence-electron chi connectivity index (χ4n) is 3.90. The second-order valence-electron chi connectivity index (χ2n) is 8.21. The lowest BCUT2D eigenvalue weighted by atomic mass is 10.1. The summed E-state index contributed by atoms with van der Waals surface area (Å²) in [6, 6.07) is 3.53. The van der Waals surface area contributed by atoms with E-state index in [1.807, 2.05) is 0 Å². The maximum absolute atomic E-state index is 14.1. The molecule has 0 spiro atoms. The molecule has 0 radical (unpaired) electrons. The maximum atomic E-state index is 14.1. The number of urea groups is 1. The van der Waals surface area contributed by atoms with Crippen LogP contribution >= 0.6 is 0 Å². The Morgan fingerprint density at radius 1 is 1.23 bits per heavy atom. The van der Waals surface area contributed by atoms with Crippen LogP contribution in [0.25, 0.3) is 0 Å². The number of carbonyl (C=O) groups is 2. The largest absolute Gasteiger partial charge is 0.487 e. The molecular formula is C21H30FN3O5S. The highest BCUT2D eigenvalue weighted by molar-refractivity contribution is 7.89. The Morgan fingerprint density at radius 2 is 1.97 bits per heavy atom. The van der Waals surface area contributed by atoms with Crippen molar-refractivity contribution in [1.82, 2.24) is 14.9 Å². The highest BCUT2D eigenvalue weighted by Gasteiger charge is 2.26. The first-order valence-corrected chi connectivity index (χ1v) is 12.4. The Morgan fingerprint density at radius 3 is 2.65 bits per heavy atom. The molecule has 0 aromatic heterocycles. The summed E-state index contributed by atoms with van der Waals surface area (Å²) < 4.78 is 47.4. The predicted octanol–water partition coefficient (Wildman–Crippen LogP) is 2.85. The van der Waals surface area contributed by atoms with Crippen LogP contribution in [0.5, 0.6) is 5.75 Å². The molecule has 1 aromatic carbocycles. The minimum absolute atomic E-state index is 0.0153. The van der Waals surface area contributed by atoms with E-state index in [4.69, 9.17) is 4.74 Å². The number of benzene rings is 1. The van der Waals surface area contributed by atoms with Gasteiger partial charge in [-0.3, -0.25) is 10.1 Å². The van der Waals surface area contributed by atoms with Crippen molar-refractivity contribution in [3.63, 3.8) is 0 Å². The van der Waals surface area contributed by atoms with E-state index in [-0.39, 0.29) is 30.1 Å². The first kappa shape index (κ1) is 23.5. The molecule has 10 heteroatoms. The van der Waals surface area contributed by atoms with E-state index in [2.05, 4.69) is 10.0 Å². The van der Waals surface area contributed by atoms with Crippen LogP contribution in [0.2, 0.25) is 0 Å². The van der Waals surface area contributed by atoms with Crippen LogP contribution in [0.4, 0.5) is 9.18 Å². The quantitative estimate of drug-likeness (QED) is 0.394. The molecular weight excluding hydrogens is 425 g/mol. The summed E-state index contributed by atoms with van der Waals surface area (Å²) >= 11 is 0. The number of carbonyl (C=O) groups excluding carboxylic acids is 2. The molecule has 2 aliphatic rings. The van der Waals surface area contributed by atoms with Gasteiger partial charge in [0.1, 0.15) is 6.54 Å². The topological polar surface area (TPSA) is 105 Å². The Labute approximate surface area is 182 Å². The summed E-state index contributed by atoms with van der Waals surface area (Å²) in [4.78, 5) is 24.0. The zero-order valence-corrected chi connectivity index (χ0v) is 18.5. The van der Waals surface area contributed by atoms with E-state index >= 15 is 0 Å². The van der Waals surface area contributed by atoms with Crippen molar-refractivity contribution in [3.8, 4) is 5.75 Å². The fraction of sp³-hybridized carbons (Fsp3) is 0.619. The van der Waals surface area contributed by atoms with Gasteiger partial charge in [0, 0.05) is 12.6 Å². The Hall–Kier alpha value is -2.20. The molecule has 1 heterocycles. The molecule has 1 aromatic rings. The third-order valence-corrected chi connectivity index (χ3v) is 7.16. The molecule has 1 aliphatic carbocycles. The minimum atomic E-state index is -3.52. The summed E-state index contributed by atoms with van der Waals surface area (Å²) in [7, 11) is -3.52. The van der Waals surface area contributed by atoms with E-state index < -0.39 is 27.9 Å². The molecule has 0 unspecified atom stereocenters. The number of nitrogens with one attached hydrogen (secondary N) is 2. The second kappa shape index (κ2) is 10.4. The predicted molar refractivity (Wildman–Crippen MR) is 114 cm³/mol. The van der Waals surface area contributed by atoms with E-state index in [1.165, 1.54) is 11.0 Å². The number of halogens is 1. The van der Waals surface area contributed by atoms with Gasteiger partial charge < -0.3 is 9.64 Å². The molecule has 1 aliphatic heterocycles. The van der Waals surface area contributed by atoms with Crippen molar-refractivity contribution >= 4 is 22.0 Å². The number of amides is 3. The van der Waals surface area contributed by atoms with Crippen molar-refractivity contribution in [2.24, 2.45) is 0 Å². The van der Waals surface area contributed by atoms with E-state index in [0.717, 1.165) is 25.7 Å². The zero-order chi connectivity index (χ0) is 22.4. The molecule has 3 amide bonds. The van der Waals surface area contributed by atoms with E-state index in [1.54, 1.807) is 19.1 Å². The third-order valence-electron chi connectivity index (χ3n) is 5.62. The Balaban J connectivity index is 1.44. The van der Waals surface area contributed by atoms with Gasteiger partial charge in [0.2, 0.25) is 15.9 Å². The van der Waals surface area contributed by atoms with Crippen LogP contribution in [0.3, 0.4) is 0 Å². The fourth-order valence-corrected chi connectivity index (χ4v) is 5.27. The van der Waals surface area contributed by atoms with Gasteiger partial charge in [0.25, 0.3) is 0 Å². The van der Waals surface area contributed by atoms with Crippen molar-refractivity contribution < 1.29 is 27.1 Å². The van der Waals surface area contributed by atoms with Crippen LogP contribution in [-0.2, 0) is 14.8 Å². The summed E-state index contributed by atoms with van der Waals surface area (Å²) in [5, 5.41) is 2.21.